The summed E-state index contributed by atoms with van der Waals surface area (Å²) in [6.07, 6.45) is 1.64. The maximum absolute atomic E-state index is 12.9. The summed E-state index contributed by atoms with van der Waals surface area (Å²) in [5, 5.41) is 0. The molecule has 9 heteroatoms. The zero-order chi connectivity index (χ0) is 21.0. The first-order valence-corrected chi connectivity index (χ1v) is 11.5. The number of amides is 2. The van der Waals surface area contributed by atoms with Crippen molar-refractivity contribution in [1.82, 2.24) is 15.2 Å². The molecule has 29 heavy (non-hydrogen) atoms. The van der Waals surface area contributed by atoms with Gasteiger partial charge in [0, 0.05) is 28.7 Å². The van der Waals surface area contributed by atoms with Gasteiger partial charge in [-0.05, 0) is 61.2 Å². The van der Waals surface area contributed by atoms with Crippen LogP contribution in [0, 0.1) is 5.92 Å². The first-order chi connectivity index (χ1) is 13.8. The normalized spacial score (nSPS) is 15.7. The highest BCUT2D eigenvalue weighted by Crippen LogP contribution is 2.24. The molecule has 0 radical (unpaired) electrons. The topological polar surface area (TPSA) is 95.6 Å². The molecule has 1 aliphatic rings. The SMILES string of the molecule is CC1CCN(S(=O)(=O)c2cccc(C(=O)NNC(=O)c3ccc(Br)cc3)c2)CC1. The highest BCUT2D eigenvalue weighted by atomic mass is 79.9. The molecule has 1 aliphatic heterocycles. The van der Waals surface area contributed by atoms with Crippen molar-refractivity contribution in [2.24, 2.45) is 5.92 Å². The number of benzene rings is 2. The predicted molar refractivity (Wildman–Crippen MR) is 113 cm³/mol. The molecule has 2 aromatic rings. The Kier molecular flexibility index (Phi) is 6.71. The van der Waals surface area contributed by atoms with Gasteiger partial charge in [0.1, 0.15) is 0 Å². The molecule has 0 aromatic heterocycles. The lowest BCUT2D eigenvalue weighted by atomic mass is 10.0. The standard InChI is InChI=1S/C20H22BrN3O4S/c1-14-9-11-24(12-10-14)29(27,28)18-4-2-3-16(13-18)20(26)23-22-19(25)15-5-7-17(21)8-6-15/h2-8,13-14H,9-12H2,1H3,(H,22,25)(H,23,26). The van der Waals surface area contributed by atoms with Gasteiger partial charge < -0.3 is 0 Å². The molecule has 0 aliphatic carbocycles. The van der Waals surface area contributed by atoms with Crippen LogP contribution in [0.1, 0.15) is 40.5 Å². The lowest BCUT2D eigenvalue weighted by molar-refractivity contribution is 0.0846. The summed E-state index contributed by atoms with van der Waals surface area (Å²) in [4.78, 5) is 24.6. The summed E-state index contributed by atoms with van der Waals surface area (Å²) in [7, 11) is -3.66. The Morgan fingerprint density at radius 1 is 0.966 bits per heavy atom. The van der Waals surface area contributed by atoms with E-state index in [-0.39, 0.29) is 10.5 Å². The fraction of sp³-hybridized carbons (Fsp3) is 0.300. The molecule has 7 nitrogen and oxygen atoms in total. The number of hydrogen-bond acceptors (Lipinski definition) is 4. The van der Waals surface area contributed by atoms with Crippen LogP contribution in [0.3, 0.4) is 0 Å². The van der Waals surface area contributed by atoms with Crippen molar-refractivity contribution < 1.29 is 18.0 Å². The largest absolute Gasteiger partial charge is 0.269 e. The Morgan fingerprint density at radius 3 is 2.17 bits per heavy atom. The van der Waals surface area contributed by atoms with Gasteiger partial charge in [0.05, 0.1) is 4.90 Å². The van der Waals surface area contributed by atoms with E-state index in [2.05, 4.69) is 33.7 Å². The minimum absolute atomic E-state index is 0.0685. The molecule has 154 valence electrons. The second kappa shape index (κ2) is 9.06. The molecule has 0 spiro atoms. The average molecular weight is 480 g/mol. The molecule has 3 rings (SSSR count). The Bertz CT molecular complexity index is 1000. The van der Waals surface area contributed by atoms with E-state index in [1.54, 1.807) is 24.3 Å². The molecule has 1 fully saturated rings. The molecule has 1 saturated heterocycles. The van der Waals surface area contributed by atoms with E-state index in [4.69, 9.17) is 0 Å². The number of carbonyl (C=O) groups is 2. The summed E-state index contributed by atoms with van der Waals surface area (Å²) in [6, 6.07) is 12.5. The van der Waals surface area contributed by atoms with Crippen LogP contribution in [0.2, 0.25) is 0 Å². The molecule has 2 amide bonds. The van der Waals surface area contributed by atoms with Gasteiger partial charge in [0.2, 0.25) is 10.0 Å². The van der Waals surface area contributed by atoms with Crippen LogP contribution in [-0.2, 0) is 10.0 Å². The first kappa shape index (κ1) is 21.5. The van der Waals surface area contributed by atoms with E-state index < -0.39 is 21.8 Å². The van der Waals surface area contributed by atoms with Gasteiger partial charge in [0.25, 0.3) is 11.8 Å². The van der Waals surface area contributed by atoms with Crippen LogP contribution < -0.4 is 10.9 Å². The van der Waals surface area contributed by atoms with Crippen molar-refractivity contribution in [2.75, 3.05) is 13.1 Å². The van der Waals surface area contributed by atoms with Crippen molar-refractivity contribution >= 4 is 37.8 Å². The lowest BCUT2D eigenvalue weighted by Crippen LogP contribution is -2.41. The highest BCUT2D eigenvalue weighted by Gasteiger charge is 2.28. The van der Waals surface area contributed by atoms with Gasteiger partial charge in [0.15, 0.2) is 0 Å². The predicted octanol–water partition coefficient (Wildman–Crippen LogP) is 2.94. The summed E-state index contributed by atoms with van der Waals surface area (Å²) >= 11 is 3.29. The Balaban J connectivity index is 1.67. The number of hydrazine groups is 1. The van der Waals surface area contributed by atoms with Crippen molar-refractivity contribution in [1.29, 1.82) is 0 Å². The van der Waals surface area contributed by atoms with E-state index in [0.717, 1.165) is 17.3 Å². The van der Waals surface area contributed by atoms with Crippen LogP contribution in [-0.4, -0.2) is 37.6 Å². The molecule has 0 unspecified atom stereocenters. The third kappa shape index (κ3) is 5.23. The summed E-state index contributed by atoms with van der Waals surface area (Å²) < 4.78 is 28.0. The zero-order valence-corrected chi connectivity index (χ0v) is 18.3. The smallest absolute Gasteiger partial charge is 0.267 e. The van der Waals surface area contributed by atoms with E-state index in [0.29, 0.717) is 24.6 Å². The Labute approximate surface area is 178 Å². The zero-order valence-electron chi connectivity index (χ0n) is 15.9. The molecule has 2 aromatic carbocycles. The molecular weight excluding hydrogens is 458 g/mol. The molecule has 0 saturated carbocycles. The van der Waals surface area contributed by atoms with E-state index in [1.165, 1.54) is 28.6 Å². The van der Waals surface area contributed by atoms with Crippen molar-refractivity contribution in [3.05, 3.63) is 64.1 Å². The minimum atomic E-state index is -3.66. The number of halogens is 1. The number of piperidine rings is 1. The Morgan fingerprint density at radius 2 is 1.55 bits per heavy atom. The fourth-order valence-electron chi connectivity index (χ4n) is 3.03. The third-order valence-corrected chi connectivity index (χ3v) is 7.30. The minimum Gasteiger partial charge on any atom is -0.267 e. The van der Waals surface area contributed by atoms with Crippen LogP contribution >= 0.6 is 15.9 Å². The molecule has 0 atom stereocenters. The van der Waals surface area contributed by atoms with Gasteiger partial charge in [-0.15, -0.1) is 0 Å². The van der Waals surface area contributed by atoms with E-state index >= 15 is 0 Å². The third-order valence-electron chi connectivity index (χ3n) is 4.87. The maximum atomic E-state index is 12.9. The second-order valence-electron chi connectivity index (χ2n) is 7.03. The van der Waals surface area contributed by atoms with E-state index in [9.17, 15) is 18.0 Å². The number of nitrogens with zero attached hydrogens (tertiary/aromatic N) is 1. The molecule has 2 N–H and O–H groups in total. The van der Waals surface area contributed by atoms with Gasteiger partial charge in [-0.2, -0.15) is 4.31 Å². The number of nitrogens with one attached hydrogen (secondary N) is 2. The van der Waals surface area contributed by atoms with Gasteiger partial charge in [-0.3, -0.25) is 20.4 Å². The number of carbonyl (C=O) groups excluding carboxylic acids is 2. The van der Waals surface area contributed by atoms with Crippen LogP contribution in [0.15, 0.2) is 57.9 Å². The first-order valence-electron chi connectivity index (χ1n) is 9.24. The van der Waals surface area contributed by atoms with Crippen molar-refractivity contribution in [2.45, 2.75) is 24.7 Å². The summed E-state index contributed by atoms with van der Waals surface area (Å²) in [5.41, 5.74) is 5.17. The van der Waals surface area contributed by atoms with E-state index in [1.807, 2.05) is 0 Å². The van der Waals surface area contributed by atoms with Gasteiger partial charge in [-0.1, -0.05) is 28.9 Å². The fourth-order valence-corrected chi connectivity index (χ4v) is 4.81. The Hall–Kier alpha value is -2.23. The summed E-state index contributed by atoms with van der Waals surface area (Å²) in [6.45, 7) is 3.06. The summed E-state index contributed by atoms with van der Waals surface area (Å²) in [5.74, 6) is -0.565. The van der Waals surface area contributed by atoms with Crippen LogP contribution in [0.25, 0.3) is 0 Å². The van der Waals surface area contributed by atoms with Crippen LogP contribution in [0.4, 0.5) is 0 Å². The molecule has 0 bridgehead atoms. The monoisotopic (exact) mass is 479 g/mol. The quantitative estimate of drug-likeness (QED) is 0.658. The van der Waals surface area contributed by atoms with Gasteiger partial charge in [-0.25, -0.2) is 8.42 Å². The lowest BCUT2D eigenvalue weighted by Gasteiger charge is -2.29. The van der Waals surface area contributed by atoms with Crippen molar-refractivity contribution in [3.8, 4) is 0 Å². The second-order valence-corrected chi connectivity index (χ2v) is 9.88. The average Bonchev–Trinajstić information content (AvgIpc) is 2.72. The van der Waals surface area contributed by atoms with Crippen molar-refractivity contribution in [3.63, 3.8) is 0 Å². The number of sulfonamides is 1. The molecule has 1 heterocycles. The van der Waals surface area contributed by atoms with Gasteiger partial charge >= 0.3 is 0 Å². The number of hydrogen-bond donors (Lipinski definition) is 2. The van der Waals surface area contributed by atoms with Crippen LogP contribution in [0.5, 0.6) is 0 Å². The number of rotatable bonds is 4. The highest BCUT2D eigenvalue weighted by molar-refractivity contribution is 9.10. The molecular formula is C20H22BrN3O4S. The maximum Gasteiger partial charge on any atom is 0.269 e.